The van der Waals surface area contributed by atoms with E-state index in [-0.39, 0.29) is 17.7 Å². The van der Waals surface area contributed by atoms with Gasteiger partial charge in [-0.25, -0.2) is 4.39 Å². The number of rotatable bonds is 5. The zero-order chi connectivity index (χ0) is 10.4. The molecule has 0 aliphatic rings. The van der Waals surface area contributed by atoms with E-state index in [0.29, 0.717) is 13.2 Å². The van der Waals surface area contributed by atoms with E-state index in [2.05, 4.69) is 0 Å². The van der Waals surface area contributed by atoms with Crippen molar-refractivity contribution in [1.29, 1.82) is 0 Å². The quantitative estimate of drug-likeness (QED) is 0.774. The van der Waals surface area contributed by atoms with Gasteiger partial charge in [-0.2, -0.15) is 0 Å². The highest BCUT2D eigenvalue weighted by Gasteiger charge is 2.10. The molecule has 1 rings (SSSR count). The largest absolute Gasteiger partial charge is 0.484 e. The van der Waals surface area contributed by atoms with Crippen LogP contribution in [0.2, 0.25) is 0 Å². The summed E-state index contributed by atoms with van der Waals surface area (Å²) in [5.74, 6) is -0.179. The van der Waals surface area contributed by atoms with E-state index in [1.165, 1.54) is 6.07 Å². The van der Waals surface area contributed by atoms with Gasteiger partial charge in [0.2, 0.25) is 0 Å². The highest BCUT2D eigenvalue weighted by Crippen LogP contribution is 2.16. The van der Waals surface area contributed by atoms with E-state index in [1.54, 1.807) is 25.3 Å². The molecule has 0 amide bonds. The monoisotopic (exact) mass is 199 g/mol. The zero-order valence-electron chi connectivity index (χ0n) is 8.07. The predicted molar refractivity (Wildman–Crippen MR) is 51.7 cm³/mol. The molecular weight excluding hydrogens is 185 g/mol. The number of para-hydroxylation sites is 1. The van der Waals surface area contributed by atoms with Crippen LogP contribution in [0.3, 0.4) is 0 Å². The second kappa shape index (κ2) is 5.57. The Balaban J connectivity index is 2.62. The number of halogens is 1. The van der Waals surface area contributed by atoms with Crippen LogP contribution in [0, 0.1) is 5.82 Å². The summed E-state index contributed by atoms with van der Waals surface area (Å²) in [7, 11) is 1.55. The lowest BCUT2D eigenvalue weighted by Crippen LogP contribution is -2.31. The Hall–Kier alpha value is -1.13. The van der Waals surface area contributed by atoms with E-state index < -0.39 is 0 Å². The molecule has 1 aromatic carbocycles. The molecule has 14 heavy (non-hydrogen) atoms. The summed E-state index contributed by atoms with van der Waals surface area (Å²) < 4.78 is 23.3. The maximum Gasteiger partial charge on any atom is 0.165 e. The van der Waals surface area contributed by atoms with Crippen molar-refractivity contribution in [3.05, 3.63) is 30.1 Å². The number of hydrogen-bond donors (Lipinski definition) is 1. The highest BCUT2D eigenvalue weighted by molar-refractivity contribution is 5.23. The maximum atomic E-state index is 13.1. The molecule has 0 saturated carbocycles. The second-order valence-electron chi connectivity index (χ2n) is 2.86. The maximum absolute atomic E-state index is 13.1. The van der Waals surface area contributed by atoms with Gasteiger partial charge in [0.25, 0.3) is 0 Å². The normalized spacial score (nSPS) is 12.5. The minimum atomic E-state index is -0.387. The van der Waals surface area contributed by atoms with Crippen LogP contribution in [0.15, 0.2) is 24.3 Å². The van der Waals surface area contributed by atoms with E-state index in [9.17, 15) is 4.39 Å². The molecule has 0 aliphatic heterocycles. The first-order valence-corrected chi connectivity index (χ1v) is 4.38. The van der Waals surface area contributed by atoms with Gasteiger partial charge in [0, 0.05) is 13.7 Å². The van der Waals surface area contributed by atoms with Gasteiger partial charge in [-0.3, -0.25) is 0 Å². The van der Waals surface area contributed by atoms with E-state index >= 15 is 0 Å². The zero-order valence-corrected chi connectivity index (χ0v) is 8.07. The van der Waals surface area contributed by atoms with Crippen LogP contribution in [0.25, 0.3) is 0 Å². The smallest absolute Gasteiger partial charge is 0.165 e. The predicted octanol–water partition coefficient (Wildman–Crippen LogP) is 1.18. The molecule has 0 radical (unpaired) electrons. The van der Waals surface area contributed by atoms with Crippen LogP contribution in [0.1, 0.15) is 0 Å². The molecule has 3 nitrogen and oxygen atoms in total. The van der Waals surface area contributed by atoms with Crippen molar-refractivity contribution in [1.82, 2.24) is 0 Å². The van der Waals surface area contributed by atoms with Crippen molar-refractivity contribution in [2.75, 3.05) is 20.3 Å². The van der Waals surface area contributed by atoms with Crippen LogP contribution in [0.4, 0.5) is 4.39 Å². The number of benzene rings is 1. The first-order valence-electron chi connectivity index (χ1n) is 4.38. The third-order valence-corrected chi connectivity index (χ3v) is 1.75. The van der Waals surface area contributed by atoms with E-state index in [1.807, 2.05) is 0 Å². The van der Waals surface area contributed by atoms with Gasteiger partial charge < -0.3 is 15.2 Å². The molecule has 4 heteroatoms. The molecule has 2 N–H and O–H groups in total. The fourth-order valence-electron chi connectivity index (χ4n) is 1.06. The summed E-state index contributed by atoms with van der Waals surface area (Å²) in [6.07, 6.45) is -0.308. The van der Waals surface area contributed by atoms with Crippen molar-refractivity contribution in [3.8, 4) is 5.75 Å². The molecule has 1 aromatic rings. The molecule has 0 saturated heterocycles. The van der Waals surface area contributed by atoms with Crippen molar-refractivity contribution in [2.24, 2.45) is 5.73 Å². The average molecular weight is 199 g/mol. The molecule has 0 fully saturated rings. The Labute approximate surface area is 82.6 Å². The summed E-state index contributed by atoms with van der Waals surface area (Å²) >= 11 is 0. The Morgan fingerprint density at radius 3 is 2.71 bits per heavy atom. The van der Waals surface area contributed by atoms with Crippen LogP contribution < -0.4 is 10.5 Å². The summed E-state index contributed by atoms with van der Waals surface area (Å²) in [5.41, 5.74) is 5.43. The minimum absolute atomic E-state index is 0.208. The Morgan fingerprint density at radius 2 is 2.14 bits per heavy atom. The Kier molecular flexibility index (Phi) is 4.35. The SMILES string of the molecule is COCC(CN)Oc1ccccc1F. The van der Waals surface area contributed by atoms with Crippen LogP contribution in [-0.4, -0.2) is 26.4 Å². The van der Waals surface area contributed by atoms with Gasteiger partial charge in [0.1, 0.15) is 6.10 Å². The summed E-state index contributed by atoms with van der Waals surface area (Å²) in [6, 6.07) is 6.22. The third-order valence-electron chi connectivity index (χ3n) is 1.75. The molecule has 0 heterocycles. The lowest BCUT2D eigenvalue weighted by Gasteiger charge is -2.16. The van der Waals surface area contributed by atoms with Gasteiger partial charge >= 0.3 is 0 Å². The Morgan fingerprint density at radius 1 is 1.43 bits per heavy atom. The fourth-order valence-corrected chi connectivity index (χ4v) is 1.06. The van der Waals surface area contributed by atoms with Gasteiger partial charge in [-0.1, -0.05) is 12.1 Å². The first kappa shape index (κ1) is 10.9. The number of ether oxygens (including phenoxy) is 2. The van der Waals surface area contributed by atoms with Gasteiger partial charge in [0.05, 0.1) is 6.61 Å². The van der Waals surface area contributed by atoms with Crippen molar-refractivity contribution < 1.29 is 13.9 Å². The second-order valence-corrected chi connectivity index (χ2v) is 2.86. The Bertz CT molecular complexity index is 281. The molecule has 1 atom stereocenters. The number of nitrogens with two attached hydrogens (primary N) is 1. The van der Waals surface area contributed by atoms with Gasteiger partial charge in [-0.15, -0.1) is 0 Å². The summed E-state index contributed by atoms with van der Waals surface area (Å²) in [5, 5.41) is 0. The van der Waals surface area contributed by atoms with Crippen molar-refractivity contribution >= 4 is 0 Å². The van der Waals surface area contributed by atoms with Crippen LogP contribution >= 0.6 is 0 Å². The average Bonchev–Trinajstić information content (AvgIpc) is 2.20. The highest BCUT2D eigenvalue weighted by atomic mass is 19.1. The molecule has 0 bridgehead atoms. The van der Waals surface area contributed by atoms with Crippen LogP contribution in [-0.2, 0) is 4.74 Å². The standard InChI is InChI=1S/C10H14FNO2/c1-13-7-8(6-12)14-10-5-3-2-4-9(10)11/h2-5,8H,6-7,12H2,1H3. The molecule has 78 valence electrons. The van der Waals surface area contributed by atoms with Crippen LogP contribution in [0.5, 0.6) is 5.75 Å². The lowest BCUT2D eigenvalue weighted by atomic mass is 10.3. The van der Waals surface area contributed by atoms with Gasteiger partial charge in [0.15, 0.2) is 11.6 Å². The molecule has 0 spiro atoms. The van der Waals surface area contributed by atoms with E-state index in [0.717, 1.165) is 0 Å². The molecular formula is C10H14FNO2. The van der Waals surface area contributed by atoms with Crippen molar-refractivity contribution in [2.45, 2.75) is 6.10 Å². The summed E-state index contributed by atoms with van der Waals surface area (Å²) in [4.78, 5) is 0. The fraction of sp³-hybridized carbons (Fsp3) is 0.400. The summed E-state index contributed by atoms with van der Waals surface area (Å²) in [6.45, 7) is 0.646. The van der Waals surface area contributed by atoms with Gasteiger partial charge in [-0.05, 0) is 12.1 Å². The molecule has 1 unspecified atom stereocenters. The number of methoxy groups -OCH3 is 1. The lowest BCUT2D eigenvalue weighted by molar-refractivity contribution is 0.0833. The minimum Gasteiger partial charge on any atom is -0.484 e. The molecule has 0 aromatic heterocycles. The van der Waals surface area contributed by atoms with Crippen molar-refractivity contribution in [3.63, 3.8) is 0 Å². The topological polar surface area (TPSA) is 44.5 Å². The van der Waals surface area contributed by atoms with E-state index in [4.69, 9.17) is 15.2 Å². The number of hydrogen-bond acceptors (Lipinski definition) is 3. The first-order chi connectivity index (χ1) is 6.77. The molecule has 0 aliphatic carbocycles. The third kappa shape index (κ3) is 2.97.